The largest absolute Gasteiger partial charge is 0.481 e. The minimum absolute atomic E-state index is 0.0349. The van der Waals surface area contributed by atoms with E-state index in [4.69, 9.17) is 16.3 Å². The van der Waals surface area contributed by atoms with Crippen LogP contribution in [-0.4, -0.2) is 46.3 Å². The normalized spacial score (nSPS) is 35.3. The molecule has 0 spiro atoms. The molecule has 5 aliphatic rings. The third-order valence-corrected chi connectivity index (χ3v) is 15.6. The number of aliphatic carboxylic acids is 1. The van der Waals surface area contributed by atoms with Crippen molar-refractivity contribution in [2.24, 2.45) is 56.7 Å². The highest BCUT2D eigenvalue weighted by molar-refractivity contribution is 6.30. The minimum Gasteiger partial charge on any atom is -0.481 e. The van der Waals surface area contributed by atoms with Gasteiger partial charge in [-0.25, -0.2) is 0 Å². The Morgan fingerprint density at radius 2 is 1.60 bits per heavy atom. The van der Waals surface area contributed by atoms with E-state index in [0.717, 1.165) is 62.5 Å². The first-order chi connectivity index (χ1) is 24.2. The third-order valence-electron chi connectivity index (χ3n) is 15.3. The topological polar surface area (TPSA) is 101 Å². The standard InChI is InChI=1S/C44H62ClNO6/c1-26(2)37-32(48)22-44(25-46(27(3)47)24-28-10-12-29(45)13-11-28)21-16-31-30(38(37)44)14-15-34-42(31,8)19-17-33-41(6,7)35(18-20-43(33,34)9)52-36(49)23-40(4,5)39(50)51/h10-13,26,30-31,33-35H,14-25H2,1-9H3,(H,50,51). The van der Waals surface area contributed by atoms with Gasteiger partial charge in [0.25, 0.3) is 0 Å². The van der Waals surface area contributed by atoms with Crippen molar-refractivity contribution in [3.05, 3.63) is 46.0 Å². The summed E-state index contributed by atoms with van der Waals surface area (Å²) in [5.41, 5.74) is 1.96. The van der Waals surface area contributed by atoms with Gasteiger partial charge in [0.05, 0.1) is 11.8 Å². The number of amides is 1. The van der Waals surface area contributed by atoms with Crippen molar-refractivity contribution in [3.8, 4) is 0 Å². The van der Waals surface area contributed by atoms with Crippen molar-refractivity contribution >= 4 is 35.2 Å². The molecule has 0 aliphatic heterocycles. The van der Waals surface area contributed by atoms with Gasteiger partial charge in [0.2, 0.25) is 5.91 Å². The molecule has 1 aromatic carbocycles. The fourth-order valence-corrected chi connectivity index (χ4v) is 13.0. The zero-order valence-electron chi connectivity index (χ0n) is 33.1. The van der Waals surface area contributed by atoms with Crippen LogP contribution < -0.4 is 0 Å². The Morgan fingerprint density at radius 3 is 2.21 bits per heavy atom. The molecule has 0 saturated heterocycles. The number of allylic oxidation sites excluding steroid dienone is 1. The number of carboxylic acid groups (broad SMARTS) is 1. The summed E-state index contributed by atoms with van der Waals surface area (Å²) in [6, 6.07) is 7.72. The van der Waals surface area contributed by atoms with Crippen molar-refractivity contribution in [1.82, 2.24) is 4.90 Å². The molecule has 0 bridgehead atoms. The fraction of sp³-hybridized carbons (Fsp3) is 0.727. The molecule has 5 aliphatic carbocycles. The van der Waals surface area contributed by atoms with Gasteiger partial charge in [-0.1, -0.05) is 70.8 Å². The summed E-state index contributed by atoms with van der Waals surface area (Å²) in [6.07, 6.45) is 8.24. The summed E-state index contributed by atoms with van der Waals surface area (Å²) in [4.78, 5) is 54.1. The smallest absolute Gasteiger partial charge is 0.309 e. The number of halogens is 1. The van der Waals surface area contributed by atoms with Crippen LogP contribution in [0.25, 0.3) is 0 Å². The number of rotatable bonds is 9. The number of hydrogen-bond donors (Lipinski definition) is 1. The van der Waals surface area contributed by atoms with Crippen LogP contribution in [0.4, 0.5) is 0 Å². The number of carbonyl (C=O) groups is 4. The molecule has 4 saturated carbocycles. The molecular formula is C44H62ClNO6. The number of carbonyl (C=O) groups excluding carboxylic acids is 3. The van der Waals surface area contributed by atoms with Crippen LogP contribution in [-0.2, 0) is 30.5 Å². The number of carboxylic acids is 1. The second-order valence-electron chi connectivity index (χ2n) is 19.6. The molecule has 286 valence electrons. The molecule has 1 amide bonds. The quantitative estimate of drug-likeness (QED) is 0.254. The van der Waals surface area contributed by atoms with Crippen LogP contribution in [0.5, 0.6) is 0 Å². The first-order valence-corrected chi connectivity index (χ1v) is 20.2. The first kappa shape index (κ1) is 39.0. The predicted molar refractivity (Wildman–Crippen MR) is 203 cm³/mol. The minimum atomic E-state index is -1.16. The summed E-state index contributed by atoms with van der Waals surface area (Å²) >= 11 is 6.18. The van der Waals surface area contributed by atoms with Crippen LogP contribution >= 0.6 is 11.6 Å². The Bertz CT molecular complexity index is 1640. The molecule has 8 atom stereocenters. The molecule has 8 heteroatoms. The van der Waals surface area contributed by atoms with Gasteiger partial charge < -0.3 is 14.7 Å². The van der Waals surface area contributed by atoms with Crippen molar-refractivity contribution in [3.63, 3.8) is 0 Å². The Kier molecular flexibility index (Phi) is 10.2. The molecule has 0 heterocycles. The van der Waals surface area contributed by atoms with E-state index in [0.29, 0.717) is 48.2 Å². The van der Waals surface area contributed by atoms with E-state index >= 15 is 0 Å². The molecule has 52 heavy (non-hydrogen) atoms. The van der Waals surface area contributed by atoms with Gasteiger partial charge >= 0.3 is 11.9 Å². The second-order valence-corrected chi connectivity index (χ2v) is 20.0. The highest BCUT2D eigenvalue weighted by Crippen LogP contribution is 2.73. The molecule has 6 rings (SSSR count). The Morgan fingerprint density at radius 1 is 0.942 bits per heavy atom. The van der Waals surface area contributed by atoms with E-state index in [1.807, 2.05) is 29.2 Å². The lowest BCUT2D eigenvalue weighted by molar-refractivity contribution is -0.214. The van der Waals surface area contributed by atoms with E-state index in [1.54, 1.807) is 20.8 Å². The lowest BCUT2D eigenvalue weighted by Crippen LogP contribution is -2.63. The van der Waals surface area contributed by atoms with Gasteiger partial charge in [-0.15, -0.1) is 0 Å². The molecule has 8 unspecified atom stereocenters. The van der Waals surface area contributed by atoms with Gasteiger partial charge in [-0.05, 0) is 129 Å². The van der Waals surface area contributed by atoms with Crippen molar-refractivity contribution < 1.29 is 29.0 Å². The Balaban J connectivity index is 1.27. The number of esters is 1. The number of nitrogens with zero attached hydrogens (tertiary/aromatic N) is 1. The van der Waals surface area contributed by atoms with E-state index in [2.05, 4.69) is 41.5 Å². The maximum atomic E-state index is 14.1. The fourth-order valence-electron chi connectivity index (χ4n) is 12.9. The third kappa shape index (κ3) is 6.47. The first-order valence-electron chi connectivity index (χ1n) is 19.9. The van der Waals surface area contributed by atoms with Crippen LogP contribution in [0.2, 0.25) is 5.02 Å². The average Bonchev–Trinajstić information content (AvgIpc) is 3.34. The monoisotopic (exact) mass is 735 g/mol. The van der Waals surface area contributed by atoms with Gasteiger partial charge in [0, 0.05) is 42.3 Å². The lowest BCUT2D eigenvalue weighted by Gasteiger charge is -2.69. The summed E-state index contributed by atoms with van der Waals surface area (Å²) in [6.45, 7) is 19.9. The highest BCUT2D eigenvalue weighted by atomic mass is 35.5. The molecule has 0 aromatic heterocycles. The van der Waals surface area contributed by atoms with Gasteiger partial charge in [0.1, 0.15) is 6.10 Å². The van der Waals surface area contributed by atoms with Gasteiger partial charge in [-0.3, -0.25) is 19.2 Å². The lowest BCUT2D eigenvalue weighted by atomic mass is 9.36. The molecule has 7 nitrogen and oxygen atoms in total. The van der Waals surface area contributed by atoms with E-state index in [9.17, 15) is 24.3 Å². The van der Waals surface area contributed by atoms with Crippen LogP contribution in [0, 0.1) is 56.7 Å². The van der Waals surface area contributed by atoms with Crippen molar-refractivity contribution in [1.29, 1.82) is 0 Å². The maximum Gasteiger partial charge on any atom is 0.309 e. The van der Waals surface area contributed by atoms with Crippen LogP contribution in [0.1, 0.15) is 132 Å². The van der Waals surface area contributed by atoms with Crippen molar-refractivity contribution in [2.75, 3.05) is 6.54 Å². The number of ketones is 1. The molecule has 1 aromatic rings. The Hall–Kier alpha value is -2.67. The predicted octanol–water partition coefficient (Wildman–Crippen LogP) is 9.69. The number of Topliss-reactive ketones (excluding diaryl/α,β-unsaturated/α-hetero) is 1. The molecular weight excluding hydrogens is 674 g/mol. The molecule has 0 radical (unpaired) electrons. The van der Waals surface area contributed by atoms with Crippen LogP contribution in [0.15, 0.2) is 35.4 Å². The van der Waals surface area contributed by atoms with Gasteiger partial charge in [0.15, 0.2) is 5.78 Å². The average molecular weight is 736 g/mol. The molecule has 4 fully saturated rings. The molecule has 1 N–H and O–H groups in total. The second kappa shape index (κ2) is 13.6. The summed E-state index contributed by atoms with van der Waals surface area (Å²) in [5.74, 6) is 0.769. The number of benzene rings is 1. The van der Waals surface area contributed by atoms with Gasteiger partial charge in [-0.2, -0.15) is 0 Å². The Labute approximate surface area is 316 Å². The van der Waals surface area contributed by atoms with E-state index in [-0.39, 0.29) is 51.8 Å². The maximum absolute atomic E-state index is 14.1. The number of fused-ring (bicyclic) bond motifs is 7. The summed E-state index contributed by atoms with van der Waals surface area (Å²) < 4.78 is 6.15. The SMILES string of the molecule is CC(=O)N(Cc1ccc(Cl)cc1)CC12CCC3C(CCC4C3(C)CCC3C(C)(C)C(OC(=O)CC(C)(C)C(=O)O)CCC34C)C1=C(C(C)C)C(=O)C2. The number of ether oxygens (including phenoxy) is 1. The highest BCUT2D eigenvalue weighted by Gasteiger charge is 2.66. The number of hydrogen-bond acceptors (Lipinski definition) is 5. The van der Waals surface area contributed by atoms with E-state index < -0.39 is 17.4 Å². The van der Waals surface area contributed by atoms with E-state index in [1.165, 1.54) is 5.57 Å². The van der Waals surface area contributed by atoms with Crippen molar-refractivity contribution in [2.45, 2.75) is 139 Å². The summed E-state index contributed by atoms with van der Waals surface area (Å²) in [5, 5.41) is 10.3. The van der Waals surface area contributed by atoms with Crippen LogP contribution in [0.3, 0.4) is 0 Å². The summed E-state index contributed by atoms with van der Waals surface area (Å²) in [7, 11) is 0. The zero-order chi connectivity index (χ0) is 38.2. The zero-order valence-corrected chi connectivity index (χ0v) is 33.8.